The van der Waals surface area contributed by atoms with Gasteiger partial charge in [0.25, 0.3) is 0 Å². The van der Waals surface area contributed by atoms with Gasteiger partial charge in [-0.05, 0) is 38.4 Å². The molecule has 2 aromatic heterocycles. The van der Waals surface area contributed by atoms with Crippen LogP contribution >= 0.6 is 11.6 Å². The summed E-state index contributed by atoms with van der Waals surface area (Å²) >= 11 is 6.12. The lowest BCUT2D eigenvalue weighted by atomic mass is 10.1. The van der Waals surface area contributed by atoms with Gasteiger partial charge in [-0.2, -0.15) is 0 Å². The minimum absolute atomic E-state index is 0.698. The Balaban J connectivity index is 2.22. The first kappa shape index (κ1) is 13.9. The fraction of sp³-hybridized carbons (Fsp3) is 0.188. The van der Waals surface area contributed by atoms with Crippen LogP contribution in [0, 0.1) is 0 Å². The van der Waals surface area contributed by atoms with E-state index < -0.39 is 0 Å². The van der Waals surface area contributed by atoms with E-state index in [0.717, 1.165) is 34.8 Å². The van der Waals surface area contributed by atoms with Gasteiger partial charge in [-0.25, -0.2) is 4.98 Å². The largest absolute Gasteiger partial charge is 0.399 e. The Kier molecular flexibility index (Phi) is 3.57. The summed E-state index contributed by atoms with van der Waals surface area (Å²) in [5.74, 6) is 0. The SMILES string of the molecule is CN(C)Cc1c(-c2ccc(N)cc2)nc2ccc(Cl)cn12. The van der Waals surface area contributed by atoms with Gasteiger partial charge in [0.15, 0.2) is 0 Å². The van der Waals surface area contributed by atoms with Crippen LogP contribution in [-0.4, -0.2) is 28.4 Å². The summed E-state index contributed by atoms with van der Waals surface area (Å²) in [5, 5.41) is 0.698. The van der Waals surface area contributed by atoms with E-state index in [1.54, 1.807) is 0 Å². The maximum absolute atomic E-state index is 6.12. The first-order valence-corrected chi connectivity index (χ1v) is 7.09. The van der Waals surface area contributed by atoms with E-state index in [1.807, 2.05) is 61.1 Å². The second kappa shape index (κ2) is 5.39. The third-order valence-electron chi connectivity index (χ3n) is 3.33. The summed E-state index contributed by atoms with van der Waals surface area (Å²) in [6.07, 6.45) is 1.91. The number of halogens is 1. The van der Waals surface area contributed by atoms with Crippen molar-refractivity contribution in [1.29, 1.82) is 0 Å². The molecule has 0 aliphatic carbocycles. The number of nitrogens with two attached hydrogens (primary N) is 1. The van der Waals surface area contributed by atoms with Crippen molar-refractivity contribution in [3.8, 4) is 11.3 Å². The molecule has 4 nitrogen and oxygen atoms in total. The molecule has 0 bridgehead atoms. The quantitative estimate of drug-likeness (QED) is 0.755. The number of benzene rings is 1. The van der Waals surface area contributed by atoms with Crippen LogP contribution in [0.2, 0.25) is 5.02 Å². The fourth-order valence-corrected chi connectivity index (χ4v) is 2.55. The molecule has 0 saturated carbocycles. The van der Waals surface area contributed by atoms with Crippen molar-refractivity contribution >= 4 is 22.9 Å². The zero-order chi connectivity index (χ0) is 15.0. The number of anilines is 1. The smallest absolute Gasteiger partial charge is 0.137 e. The number of aromatic nitrogens is 2. The van der Waals surface area contributed by atoms with Crippen molar-refractivity contribution in [2.75, 3.05) is 19.8 Å². The average Bonchev–Trinajstić information content (AvgIpc) is 2.77. The zero-order valence-electron chi connectivity index (χ0n) is 12.0. The van der Waals surface area contributed by atoms with Gasteiger partial charge < -0.3 is 15.0 Å². The Hall–Kier alpha value is -2.04. The Bertz CT molecular complexity index is 775. The van der Waals surface area contributed by atoms with Crippen LogP contribution in [0.5, 0.6) is 0 Å². The van der Waals surface area contributed by atoms with Crippen molar-refractivity contribution in [3.63, 3.8) is 0 Å². The van der Waals surface area contributed by atoms with E-state index in [2.05, 4.69) is 4.90 Å². The van der Waals surface area contributed by atoms with Gasteiger partial charge in [0.05, 0.1) is 16.4 Å². The van der Waals surface area contributed by atoms with Crippen LogP contribution < -0.4 is 5.73 Å². The van der Waals surface area contributed by atoms with Gasteiger partial charge in [-0.15, -0.1) is 0 Å². The lowest BCUT2D eigenvalue weighted by Crippen LogP contribution is -2.13. The van der Waals surface area contributed by atoms with Crippen LogP contribution in [0.1, 0.15) is 5.69 Å². The van der Waals surface area contributed by atoms with E-state index in [-0.39, 0.29) is 0 Å². The molecule has 3 aromatic rings. The topological polar surface area (TPSA) is 46.6 Å². The summed E-state index contributed by atoms with van der Waals surface area (Å²) < 4.78 is 2.05. The van der Waals surface area contributed by atoms with E-state index in [0.29, 0.717) is 5.02 Å². The molecule has 0 aliphatic heterocycles. The Morgan fingerprint density at radius 3 is 2.52 bits per heavy atom. The number of hydrogen-bond donors (Lipinski definition) is 1. The number of hydrogen-bond acceptors (Lipinski definition) is 3. The molecule has 2 heterocycles. The molecule has 2 N–H and O–H groups in total. The van der Waals surface area contributed by atoms with Gasteiger partial charge >= 0.3 is 0 Å². The second-order valence-corrected chi connectivity index (χ2v) is 5.78. The fourth-order valence-electron chi connectivity index (χ4n) is 2.39. The molecule has 0 aliphatic rings. The number of nitrogens with zero attached hydrogens (tertiary/aromatic N) is 3. The molecule has 1 aromatic carbocycles. The molecule has 0 unspecified atom stereocenters. The maximum atomic E-state index is 6.12. The number of nitrogen functional groups attached to an aromatic ring is 1. The Morgan fingerprint density at radius 1 is 1.14 bits per heavy atom. The molecule has 3 rings (SSSR count). The van der Waals surface area contributed by atoms with Gasteiger partial charge in [0.1, 0.15) is 5.65 Å². The minimum Gasteiger partial charge on any atom is -0.399 e. The van der Waals surface area contributed by atoms with Gasteiger partial charge in [-0.3, -0.25) is 0 Å². The average molecular weight is 301 g/mol. The molecule has 0 atom stereocenters. The van der Waals surface area contributed by atoms with E-state index >= 15 is 0 Å². The third-order valence-corrected chi connectivity index (χ3v) is 3.56. The molecule has 0 radical (unpaired) electrons. The predicted octanol–water partition coefficient (Wildman–Crippen LogP) is 3.30. The number of rotatable bonds is 3. The summed E-state index contributed by atoms with van der Waals surface area (Å²) in [7, 11) is 4.08. The van der Waals surface area contributed by atoms with E-state index in [9.17, 15) is 0 Å². The number of imidazole rings is 1. The van der Waals surface area contributed by atoms with E-state index in [1.165, 1.54) is 0 Å². The Morgan fingerprint density at radius 2 is 1.86 bits per heavy atom. The monoisotopic (exact) mass is 300 g/mol. The van der Waals surface area contributed by atoms with Crippen LogP contribution in [-0.2, 0) is 6.54 Å². The lowest BCUT2D eigenvalue weighted by Gasteiger charge is -2.11. The highest BCUT2D eigenvalue weighted by Gasteiger charge is 2.14. The van der Waals surface area contributed by atoms with Gasteiger partial charge in [0, 0.05) is 24.0 Å². The van der Waals surface area contributed by atoms with Crippen molar-refractivity contribution in [3.05, 3.63) is 53.3 Å². The zero-order valence-corrected chi connectivity index (χ0v) is 12.8. The van der Waals surface area contributed by atoms with Crippen molar-refractivity contribution < 1.29 is 0 Å². The van der Waals surface area contributed by atoms with E-state index in [4.69, 9.17) is 22.3 Å². The molecule has 108 valence electrons. The second-order valence-electron chi connectivity index (χ2n) is 5.34. The van der Waals surface area contributed by atoms with Gasteiger partial charge in [-0.1, -0.05) is 23.7 Å². The molecule has 21 heavy (non-hydrogen) atoms. The Labute approximate surface area is 128 Å². The highest BCUT2D eigenvalue weighted by molar-refractivity contribution is 6.30. The normalized spacial score (nSPS) is 11.4. The van der Waals surface area contributed by atoms with Crippen LogP contribution in [0.15, 0.2) is 42.6 Å². The van der Waals surface area contributed by atoms with Crippen molar-refractivity contribution in [2.45, 2.75) is 6.54 Å². The third kappa shape index (κ3) is 2.73. The summed E-state index contributed by atoms with van der Waals surface area (Å²) in [5.41, 5.74) is 10.5. The predicted molar refractivity (Wildman–Crippen MR) is 87.4 cm³/mol. The summed E-state index contributed by atoms with van der Waals surface area (Å²) in [6, 6.07) is 11.6. The highest BCUT2D eigenvalue weighted by atomic mass is 35.5. The summed E-state index contributed by atoms with van der Waals surface area (Å²) in [4.78, 5) is 6.86. The molecule has 0 saturated heterocycles. The van der Waals surface area contributed by atoms with Crippen LogP contribution in [0.4, 0.5) is 5.69 Å². The number of fused-ring (bicyclic) bond motifs is 1. The first-order chi connectivity index (χ1) is 10.0. The highest BCUT2D eigenvalue weighted by Crippen LogP contribution is 2.27. The molecular formula is C16H17ClN4. The maximum Gasteiger partial charge on any atom is 0.137 e. The standard InChI is InChI=1S/C16H17ClN4/c1-20(2)10-14-16(11-3-6-13(18)7-4-11)19-15-8-5-12(17)9-21(14)15/h3-9H,10,18H2,1-2H3. The lowest BCUT2D eigenvalue weighted by molar-refractivity contribution is 0.396. The number of pyridine rings is 1. The van der Waals surface area contributed by atoms with Crippen molar-refractivity contribution in [2.24, 2.45) is 0 Å². The molecule has 0 fully saturated rings. The van der Waals surface area contributed by atoms with Gasteiger partial charge in [0.2, 0.25) is 0 Å². The van der Waals surface area contributed by atoms with Crippen LogP contribution in [0.25, 0.3) is 16.9 Å². The molecule has 0 spiro atoms. The molecule has 5 heteroatoms. The molecular weight excluding hydrogens is 284 g/mol. The molecule has 0 amide bonds. The first-order valence-electron chi connectivity index (χ1n) is 6.72. The summed E-state index contributed by atoms with van der Waals surface area (Å²) in [6.45, 7) is 0.779. The minimum atomic E-state index is 0.698. The van der Waals surface area contributed by atoms with Crippen molar-refractivity contribution in [1.82, 2.24) is 14.3 Å². The van der Waals surface area contributed by atoms with Crippen LogP contribution in [0.3, 0.4) is 0 Å².